The lowest BCUT2D eigenvalue weighted by Crippen LogP contribution is -2.43. The van der Waals surface area contributed by atoms with Crippen LogP contribution in [0.2, 0.25) is 5.02 Å². The minimum Gasteiger partial charge on any atom is -0.462 e. The number of ether oxygens (including phenoxy) is 1. The van der Waals surface area contributed by atoms with Gasteiger partial charge in [-0.1, -0.05) is 17.7 Å². The van der Waals surface area contributed by atoms with Gasteiger partial charge in [0, 0.05) is 24.1 Å². The van der Waals surface area contributed by atoms with Gasteiger partial charge in [0.1, 0.15) is 17.6 Å². The van der Waals surface area contributed by atoms with Crippen LogP contribution in [-0.4, -0.2) is 29.3 Å². The summed E-state index contributed by atoms with van der Waals surface area (Å²) in [6.07, 6.45) is -1.96. The van der Waals surface area contributed by atoms with E-state index in [4.69, 9.17) is 22.1 Å². The maximum atomic E-state index is 15.1. The van der Waals surface area contributed by atoms with Crippen molar-refractivity contribution in [1.29, 1.82) is 0 Å². The minimum atomic E-state index is -2.99. The van der Waals surface area contributed by atoms with Gasteiger partial charge in [-0.15, -0.1) is 0 Å². The van der Waals surface area contributed by atoms with E-state index in [1.165, 1.54) is 25.3 Å². The molecule has 0 amide bonds. The number of aromatic nitrogens is 1. The summed E-state index contributed by atoms with van der Waals surface area (Å²) in [4.78, 5) is 20.7. The molecule has 1 saturated carbocycles. The number of nitrogens with zero attached hydrogens (tertiary/aromatic N) is 2. The molecule has 0 unspecified atom stereocenters. The van der Waals surface area contributed by atoms with Gasteiger partial charge in [-0.2, -0.15) is 0 Å². The minimum absolute atomic E-state index is 0.132. The summed E-state index contributed by atoms with van der Waals surface area (Å²) in [6, 6.07) is 3.99. The smallest absolute Gasteiger partial charge is 0.283 e. The molecule has 1 aromatic heterocycles. The molecule has 158 valence electrons. The molecule has 9 heteroatoms. The van der Waals surface area contributed by atoms with Gasteiger partial charge in [0.25, 0.3) is 12.4 Å². The number of halogens is 4. The molecule has 1 fully saturated rings. The number of fused-ring (bicyclic) bond motifs is 1. The number of pyridine rings is 1. The Balaban J connectivity index is 1.76. The van der Waals surface area contributed by atoms with Crippen LogP contribution in [0, 0.1) is 25.6 Å². The molecule has 1 aromatic carbocycles. The highest BCUT2D eigenvalue weighted by molar-refractivity contribution is 6.30. The van der Waals surface area contributed by atoms with Gasteiger partial charge in [0.2, 0.25) is 0 Å². The van der Waals surface area contributed by atoms with Gasteiger partial charge in [-0.3, -0.25) is 9.78 Å². The van der Waals surface area contributed by atoms with Crippen molar-refractivity contribution in [2.45, 2.75) is 44.8 Å². The molecular weight excluding hydrogens is 419 g/mol. The molecule has 0 bridgehead atoms. The summed E-state index contributed by atoms with van der Waals surface area (Å²) in [5.41, 5.74) is 4.58. The molecule has 0 spiro atoms. The molecule has 2 heterocycles. The highest BCUT2D eigenvalue weighted by Gasteiger charge is 2.64. The second kappa shape index (κ2) is 7.27. The number of aliphatic imine (C=N–C) groups is 1. The summed E-state index contributed by atoms with van der Waals surface area (Å²) in [7, 11) is 0. The van der Waals surface area contributed by atoms with Crippen molar-refractivity contribution in [2.75, 3.05) is 0 Å². The van der Waals surface area contributed by atoms with Crippen LogP contribution in [-0.2, 0) is 16.7 Å². The first-order chi connectivity index (χ1) is 14.1. The Morgan fingerprint density at radius 1 is 1.33 bits per heavy atom. The summed E-state index contributed by atoms with van der Waals surface area (Å²) < 4.78 is 48.9. The molecule has 1 aliphatic heterocycles. The van der Waals surface area contributed by atoms with E-state index in [0.29, 0.717) is 22.6 Å². The molecule has 2 N–H and O–H groups in total. The lowest BCUT2D eigenvalue weighted by Gasteiger charge is -2.33. The SMILES string of the molecule is Cc1cc(Cl)cnc1C(=O)Cc1cc(C)c(F)c([C@@]2(C(F)F)N=C(N)O[C@@H]3C[C@@H]32)c1. The van der Waals surface area contributed by atoms with Gasteiger partial charge < -0.3 is 10.5 Å². The maximum Gasteiger partial charge on any atom is 0.283 e. The molecule has 0 saturated heterocycles. The van der Waals surface area contributed by atoms with Gasteiger partial charge in [-0.25, -0.2) is 18.2 Å². The lowest BCUT2D eigenvalue weighted by atomic mass is 9.82. The quantitative estimate of drug-likeness (QED) is 0.714. The van der Waals surface area contributed by atoms with E-state index in [-0.39, 0.29) is 35.0 Å². The fraction of sp³-hybridized carbons (Fsp3) is 0.381. The Morgan fingerprint density at radius 2 is 2.07 bits per heavy atom. The number of benzene rings is 1. The average molecular weight is 438 g/mol. The van der Waals surface area contributed by atoms with Crippen LogP contribution in [0.5, 0.6) is 0 Å². The highest BCUT2D eigenvalue weighted by Crippen LogP contribution is 2.56. The van der Waals surface area contributed by atoms with E-state index in [1.54, 1.807) is 13.0 Å². The monoisotopic (exact) mass is 437 g/mol. The fourth-order valence-electron chi connectivity index (χ4n) is 4.14. The number of ketones is 1. The number of nitrogens with two attached hydrogens (primary N) is 1. The van der Waals surface area contributed by atoms with E-state index in [2.05, 4.69) is 9.98 Å². The molecule has 1 aliphatic carbocycles. The summed E-state index contributed by atoms with van der Waals surface area (Å²) in [6.45, 7) is 3.17. The first kappa shape index (κ1) is 20.7. The van der Waals surface area contributed by atoms with Gasteiger partial charge in [0.05, 0.1) is 5.02 Å². The first-order valence-corrected chi connectivity index (χ1v) is 9.76. The van der Waals surface area contributed by atoms with Crippen molar-refractivity contribution >= 4 is 23.4 Å². The third kappa shape index (κ3) is 3.33. The zero-order valence-corrected chi connectivity index (χ0v) is 17.0. The number of rotatable bonds is 5. The number of Topliss-reactive ketones (excluding diaryl/α,β-unsaturated/α-hetero) is 1. The summed E-state index contributed by atoms with van der Waals surface area (Å²) in [5.74, 6) is -1.78. The van der Waals surface area contributed by atoms with E-state index in [9.17, 15) is 13.6 Å². The number of alkyl halides is 2. The largest absolute Gasteiger partial charge is 0.462 e. The van der Waals surface area contributed by atoms with Crippen LogP contribution in [0.3, 0.4) is 0 Å². The van der Waals surface area contributed by atoms with E-state index in [1.807, 2.05) is 0 Å². The number of carbonyl (C=O) groups excluding carboxylic acids is 1. The number of carbonyl (C=O) groups is 1. The number of amidine groups is 1. The molecule has 30 heavy (non-hydrogen) atoms. The number of hydrogen-bond acceptors (Lipinski definition) is 5. The normalized spacial score (nSPS) is 24.8. The Bertz CT molecular complexity index is 1080. The Morgan fingerprint density at radius 3 is 2.73 bits per heavy atom. The van der Waals surface area contributed by atoms with Gasteiger partial charge in [0.15, 0.2) is 11.3 Å². The van der Waals surface area contributed by atoms with Crippen LogP contribution in [0.15, 0.2) is 29.4 Å². The Labute approximate surface area is 176 Å². The van der Waals surface area contributed by atoms with Crippen molar-refractivity contribution in [3.05, 3.63) is 63.2 Å². The van der Waals surface area contributed by atoms with Crippen LogP contribution in [0.25, 0.3) is 0 Å². The van der Waals surface area contributed by atoms with Crippen LogP contribution >= 0.6 is 11.6 Å². The number of hydrogen-bond donors (Lipinski definition) is 1. The molecule has 2 aromatic rings. The number of aryl methyl sites for hydroxylation is 2. The third-order valence-electron chi connectivity index (χ3n) is 5.62. The Hall–Kier alpha value is -2.61. The molecule has 5 nitrogen and oxygen atoms in total. The maximum absolute atomic E-state index is 15.1. The van der Waals surface area contributed by atoms with Gasteiger partial charge >= 0.3 is 0 Å². The zero-order chi connectivity index (χ0) is 21.8. The van der Waals surface area contributed by atoms with Gasteiger partial charge in [-0.05, 0) is 49.1 Å². The van der Waals surface area contributed by atoms with Crippen LogP contribution < -0.4 is 5.73 Å². The standard InChI is InChI=1S/C21H19ClF3N3O2/c1-9-3-11(6-15(29)18-10(2)4-12(22)8-27-18)5-14(17(9)23)21(19(24)25)13-7-16(13)30-20(26)28-21/h3-5,8,13,16,19H,6-7H2,1-2H3,(H2,26,28)/t13-,16+,21-/m0/s1. The molecule has 0 radical (unpaired) electrons. The lowest BCUT2D eigenvalue weighted by molar-refractivity contribution is 0.0175. The highest BCUT2D eigenvalue weighted by atomic mass is 35.5. The van der Waals surface area contributed by atoms with Crippen molar-refractivity contribution < 1.29 is 22.7 Å². The Kier molecular flexibility index (Phi) is 5.00. The second-order valence-corrected chi connectivity index (χ2v) is 8.20. The summed E-state index contributed by atoms with van der Waals surface area (Å²) in [5, 5.41) is 0.400. The molecular formula is C21H19ClF3N3O2. The van der Waals surface area contributed by atoms with Crippen molar-refractivity contribution in [3.8, 4) is 0 Å². The van der Waals surface area contributed by atoms with Crippen molar-refractivity contribution in [1.82, 2.24) is 4.98 Å². The van der Waals surface area contributed by atoms with Crippen LogP contribution in [0.1, 0.15) is 39.2 Å². The molecule has 3 atom stereocenters. The molecule has 2 aliphatic rings. The predicted molar refractivity (Wildman–Crippen MR) is 105 cm³/mol. The average Bonchev–Trinajstić information content (AvgIpc) is 3.43. The predicted octanol–water partition coefficient (Wildman–Crippen LogP) is 4.11. The van der Waals surface area contributed by atoms with Crippen LogP contribution in [0.4, 0.5) is 13.2 Å². The van der Waals surface area contributed by atoms with Crippen molar-refractivity contribution in [3.63, 3.8) is 0 Å². The fourth-order valence-corrected chi connectivity index (χ4v) is 4.35. The van der Waals surface area contributed by atoms with E-state index in [0.717, 1.165) is 0 Å². The van der Waals surface area contributed by atoms with E-state index < -0.39 is 29.8 Å². The zero-order valence-electron chi connectivity index (χ0n) is 16.3. The topological polar surface area (TPSA) is 77.6 Å². The second-order valence-electron chi connectivity index (χ2n) is 7.77. The molecule has 4 rings (SSSR count). The van der Waals surface area contributed by atoms with E-state index >= 15 is 4.39 Å². The van der Waals surface area contributed by atoms with Crippen molar-refractivity contribution in [2.24, 2.45) is 16.6 Å². The third-order valence-corrected chi connectivity index (χ3v) is 5.82. The summed E-state index contributed by atoms with van der Waals surface area (Å²) >= 11 is 5.88. The first-order valence-electron chi connectivity index (χ1n) is 9.38.